The van der Waals surface area contributed by atoms with Gasteiger partial charge >= 0.3 is 0 Å². The molecular formula is C19H18N2O5. The molecule has 0 fully saturated rings. The predicted octanol–water partition coefficient (Wildman–Crippen LogP) is 3.26. The van der Waals surface area contributed by atoms with Crippen LogP contribution in [0.5, 0.6) is 11.5 Å². The molecule has 1 atom stereocenters. The zero-order chi connectivity index (χ0) is 18.7. The van der Waals surface area contributed by atoms with Crippen molar-refractivity contribution >= 4 is 17.3 Å². The molecule has 2 aromatic carbocycles. The minimum Gasteiger partial charge on any atom is -0.493 e. The summed E-state index contributed by atoms with van der Waals surface area (Å²) >= 11 is 0. The van der Waals surface area contributed by atoms with Crippen LogP contribution < -0.4 is 14.8 Å². The number of rotatable bonds is 5. The monoisotopic (exact) mass is 354 g/mol. The Morgan fingerprint density at radius 3 is 2.58 bits per heavy atom. The Hall–Kier alpha value is -3.35. The number of nitrogens with zero attached hydrogens (tertiary/aromatic N) is 1. The molecule has 0 radical (unpaired) electrons. The first-order chi connectivity index (χ1) is 12.5. The number of benzene rings is 2. The quantitative estimate of drug-likeness (QED) is 0.657. The molecule has 0 saturated carbocycles. The summed E-state index contributed by atoms with van der Waals surface area (Å²) in [5.41, 5.74) is 2.04. The van der Waals surface area contributed by atoms with E-state index in [4.69, 9.17) is 9.47 Å². The Bertz CT molecular complexity index is 891. The number of hydrogen-bond donors (Lipinski definition) is 1. The number of nitro groups is 1. The zero-order valence-electron chi connectivity index (χ0n) is 14.4. The highest BCUT2D eigenvalue weighted by atomic mass is 16.6. The van der Waals surface area contributed by atoms with Crippen molar-refractivity contribution in [3.05, 3.63) is 69.8 Å². The van der Waals surface area contributed by atoms with Crippen LogP contribution in [-0.2, 0) is 4.79 Å². The highest BCUT2D eigenvalue weighted by Gasteiger charge is 2.23. The highest BCUT2D eigenvalue weighted by molar-refractivity contribution is 5.90. The topological polar surface area (TPSA) is 90.7 Å². The lowest BCUT2D eigenvalue weighted by molar-refractivity contribution is -0.384. The standard InChI is InChI=1S/C19H18N2O5/c1-25-17-7-6-12(10-18(17)26-2)14-9-16(20-19(22)11-14)13-4-3-5-15(8-13)21(23)24/h3-10,14H,11H2,1-2H3,(H,20,22). The van der Waals surface area contributed by atoms with Gasteiger partial charge in [-0.25, -0.2) is 0 Å². The van der Waals surface area contributed by atoms with E-state index < -0.39 is 4.92 Å². The van der Waals surface area contributed by atoms with Crippen LogP contribution in [0.3, 0.4) is 0 Å². The van der Waals surface area contributed by atoms with Gasteiger partial charge in [0, 0.05) is 35.7 Å². The van der Waals surface area contributed by atoms with Crippen LogP contribution in [0, 0.1) is 10.1 Å². The fourth-order valence-corrected chi connectivity index (χ4v) is 2.96. The van der Waals surface area contributed by atoms with Crippen LogP contribution in [0.15, 0.2) is 48.5 Å². The summed E-state index contributed by atoms with van der Waals surface area (Å²) in [4.78, 5) is 22.7. The molecule has 1 amide bonds. The molecule has 0 aromatic heterocycles. The average molecular weight is 354 g/mol. The smallest absolute Gasteiger partial charge is 0.270 e. The number of carbonyl (C=O) groups is 1. The number of amides is 1. The van der Waals surface area contributed by atoms with E-state index >= 15 is 0 Å². The third kappa shape index (κ3) is 3.51. The van der Waals surface area contributed by atoms with Gasteiger partial charge < -0.3 is 14.8 Å². The predicted molar refractivity (Wildman–Crippen MR) is 96.1 cm³/mol. The molecule has 7 heteroatoms. The van der Waals surface area contributed by atoms with E-state index in [0.29, 0.717) is 22.8 Å². The summed E-state index contributed by atoms with van der Waals surface area (Å²) in [6.07, 6.45) is 2.19. The number of methoxy groups -OCH3 is 2. The first-order valence-electron chi connectivity index (χ1n) is 8.00. The third-order valence-electron chi connectivity index (χ3n) is 4.25. The molecule has 1 N–H and O–H groups in total. The molecule has 0 aliphatic carbocycles. The molecule has 0 bridgehead atoms. The van der Waals surface area contributed by atoms with Gasteiger partial charge in [0.2, 0.25) is 5.91 Å². The van der Waals surface area contributed by atoms with E-state index in [2.05, 4.69) is 5.32 Å². The van der Waals surface area contributed by atoms with E-state index in [-0.39, 0.29) is 23.9 Å². The van der Waals surface area contributed by atoms with Crippen molar-refractivity contribution in [2.75, 3.05) is 14.2 Å². The molecular weight excluding hydrogens is 336 g/mol. The molecule has 2 aromatic rings. The number of allylic oxidation sites excluding steroid dienone is 1. The summed E-state index contributed by atoms with van der Waals surface area (Å²) in [5, 5.41) is 13.8. The lowest BCUT2D eigenvalue weighted by atomic mass is 9.90. The molecule has 1 unspecified atom stereocenters. The summed E-state index contributed by atoms with van der Waals surface area (Å²) < 4.78 is 10.6. The zero-order valence-corrected chi connectivity index (χ0v) is 14.4. The van der Waals surface area contributed by atoms with Crippen LogP contribution in [0.1, 0.15) is 23.5 Å². The Kier molecular flexibility index (Phi) is 4.88. The normalized spacial score (nSPS) is 16.5. The molecule has 1 aliphatic heterocycles. The van der Waals surface area contributed by atoms with Crippen LogP contribution in [0.25, 0.3) is 5.70 Å². The average Bonchev–Trinajstić information content (AvgIpc) is 2.67. The molecule has 134 valence electrons. The van der Waals surface area contributed by atoms with Crippen LogP contribution in [-0.4, -0.2) is 25.1 Å². The lowest BCUT2D eigenvalue weighted by Crippen LogP contribution is -2.28. The van der Waals surface area contributed by atoms with Crippen LogP contribution in [0.2, 0.25) is 0 Å². The van der Waals surface area contributed by atoms with Crippen molar-refractivity contribution in [1.82, 2.24) is 5.32 Å². The first-order valence-corrected chi connectivity index (χ1v) is 8.00. The van der Waals surface area contributed by atoms with Crippen molar-refractivity contribution in [1.29, 1.82) is 0 Å². The summed E-state index contributed by atoms with van der Waals surface area (Å²) in [7, 11) is 3.12. The van der Waals surface area contributed by atoms with Crippen molar-refractivity contribution in [2.45, 2.75) is 12.3 Å². The Morgan fingerprint density at radius 2 is 1.88 bits per heavy atom. The van der Waals surface area contributed by atoms with Gasteiger partial charge in [-0.1, -0.05) is 24.3 Å². The second-order valence-corrected chi connectivity index (χ2v) is 5.86. The molecule has 0 spiro atoms. The van der Waals surface area contributed by atoms with E-state index in [1.807, 2.05) is 18.2 Å². The molecule has 1 heterocycles. The van der Waals surface area contributed by atoms with Gasteiger partial charge in [0.15, 0.2) is 11.5 Å². The minimum atomic E-state index is -0.458. The maximum Gasteiger partial charge on any atom is 0.270 e. The highest BCUT2D eigenvalue weighted by Crippen LogP contribution is 2.35. The van der Waals surface area contributed by atoms with Gasteiger partial charge in [0.05, 0.1) is 19.1 Å². The van der Waals surface area contributed by atoms with Crippen molar-refractivity contribution < 1.29 is 19.2 Å². The number of nitro benzene ring substituents is 1. The van der Waals surface area contributed by atoms with Crippen LogP contribution in [0.4, 0.5) is 5.69 Å². The molecule has 7 nitrogen and oxygen atoms in total. The number of ether oxygens (including phenoxy) is 2. The van der Waals surface area contributed by atoms with Gasteiger partial charge in [-0.15, -0.1) is 0 Å². The van der Waals surface area contributed by atoms with Gasteiger partial charge in [-0.3, -0.25) is 14.9 Å². The van der Waals surface area contributed by atoms with E-state index in [1.165, 1.54) is 12.1 Å². The maximum atomic E-state index is 12.2. The van der Waals surface area contributed by atoms with Crippen molar-refractivity contribution in [3.63, 3.8) is 0 Å². The largest absolute Gasteiger partial charge is 0.493 e. The Balaban J connectivity index is 1.99. The summed E-state index contributed by atoms with van der Waals surface area (Å²) in [6.45, 7) is 0. The number of nitrogens with one attached hydrogen (secondary N) is 1. The summed E-state index contributed by atoms with van der Waals surface area (Å²) in [5.74, 6) is 0.882. The third-order valence-corrected chi connectivity index (χ3v) is 4.25. The van der Waals surface area contributed by atoms with E-state index in [0.717, 1.165) is 5.56 Å². The number of hydrogen-bond acceptors (Lipinski definition) is 5. The SMILES string of the molecule is COc1ccc(C2C=C(c3cccc([N+](=O)[O-])c3)NC(=O)C2)cc1OC. The fourth-order valence-electron chi connectivity index (χ4n) is 2.96. The molecule has 26 heavy (non-hydrogen) atoms. The Labute approximate surface area is 150 Å². The van der Waals surface area contributed by atoms with E-state index in [9.17, 15) is 14.9 Å². The van der Waals surface area contributed by atoms with Gasteiger partial charge in [-0.2, -0.15) is 0 Å². The van der Waals surface area contributed by atoms with Gasteiger partial charge in [-0.05, 0) is 17.7 Å². The van der Waals surface area contributed by atoms with Crippen LogP contribution >= 0.6 is 0 Å². The maximum absolute atomic E-state index is 12.2. The lowest BCUT2D eigenvalue weighted by Gasteiger charge is -2.23. The molecule has 0 saturated heterocycles. The second kappa shape index (κ2) is 7.26. The fraction of sp³-hybridized carbons (Fsp3) is 0.211. The summed E-state index contributed by atoms with van der Waals surface area (Å²) in [6, 6.07) is 11.7. The Morgan fingerprint density at radius 1 is 1.12 bits per heavy atom. The first kappa shape index (κ1) is 17.5. The van der Waals surface area contributed by atoms with Gasteiger partial charge in [0.1, 0.15) is 0 Å². The second-order valence-electron chi connectivity index (χ2n) is 5.86. The van der Waals surface area contributed by atoms with E-state index in [1.54, 1.807) is 32.4 Å². The van der Waals surface area contributed by atoms with Crippen molar-refractivity contribution in [2.24, 2.45) is 0 Å². The minimum absolute atomic E-state index is 0.0223. The molecule has 1 aliphatic rings. The van der Waals surface area contributed by atoms with Crippen molar-refractivity contribution in [3.8, 4) is 11.5 Å². The van der Waals surface area contributed by atoms with Gasteiger partial charge in [0.25, 0.3) is 5.69 Å². The number of non-ortho nitro benzene ring substituents is 1. The molecule has 3 rings (SSSR count). The number of carbonyl (C=O) groups excluding carboxylic acids is 1.